The Bertz CT molecular complexity index is 521. The van der Waals surface area contributed by atoms with Crippen LogP contribution in [0.3, 0.4) is 0 Å². The zero-order valence-corrected chi connectivity index (χ0v) is 11.3. The molecule has 0 atom stereocenters. The van der Waals surface area contributed by atoms with Crippen LogP contribution in [0.15, 0.2) is 23.1 Å². The number of carbonyl (C=O) groups excluding carboxylic acids is 1. The highest BCUT2D eigenvalue weighted by atomic mass is 19.4. The largest absolute Gasteiger partial charge is 0.421 e. The van der Waals surface area contributed by atoms with E-state index in [1.807, 2.05) is 13.8 Å². The lowest BCUT2D eigenvalue weighted by Gasteiger charge is -2.11. The van der Waals surface area contributed by atoms with Gasteiger partial charge in [0, 0.05) is 12.7 Å². The smallest absolute Gasteiger partial charge is 0.355 e. The van der Waals surface area contributed by atoms with Gasteiger partial charge >= 0.3 is 6.18 Å². The zero-order valence-electron chi connectivity index (χ0n) is 11.3. The monoisotopic (exact) mass is 290 g/mol. The second-order valence-electron chi connectivity index (χ2n) is 4.89. The van der Waals surface area contributed by atoms with Crippen LogP contribution < -0.4 is 10.9 Å². The van der Waals surface area contributed by atoms with E-state index in [1.165, 1.54) is 6.20 Å². The van der Waals surface area contributed by atoms with Crippen molar-refractivity contribution in [3.63, 3.8) is 0 Å². The molecule has 1 rings (SSSR count). The summed E-state index contributed by atoms with van der Waals surface area (Å²) >= 11 is 0. The molecule has 0 saturated heterocycles. The molecule has 1 heterocycles. The van der Waals surface area contributed by atoms with E-state index in [0.29, 0.717) is 18.5 Å². The fourth-order valence-electron chi connectivity index (χ4n) is 1.59. The molecule has 1 aromatic rings. The van der Waals surface area contributed by atoms with E-state index in [-0.39, 0.29) is 0 Å². The van der Waals surface area contributed by atoms with Crippen molar-refractivity contribution in [2.24, 2.45) is 5.92 Å². The van der Waals surface area contributed by atoms with Crippen LogP contribution in [0.2, 0.25) is 0 Å². The Morgan fingerprint density at radius 2 is 2.05 bits per heavy atom. The average molecular weight is 290 g/mol. The number of aromatic nitrogens is 1. The molecule has 7 heteroatoms. The molecule has 0 radical (unpaired) electrons. The van der Waals surface area contributed by atoms with E-state index in [1.54, 1.807) is 0 Å². The van der Waals surface area contributed by atoms with Crippen LogP contribution in [-0.2, 0) is 17.5 Å². The summed E-state index contributed by atoms with van der Waals surface area (Å²) in [5.41, 5.74) is -2.48. The van der Waals surface area contributed by atoms with E-state index >= 15 is 0 Å². The average Bonchev–Trinajstić information content (AvgIpc) is 2.29. The SMILES string of the molecule is CC(C)CCNC(=O)Cn1cccc(C(F)(F)F)c1=O. The summed E-state index contributed by atoms with van der Waals surface area (Å²) in [6.07, 6.45) is -2.78. The molecule has 0 aliphatic carbocycles. The van der Waals surface area contributed by atoms with Gasteiger partial charge in [0.15, 0.2) is 0 Å². The highest BCUT2D eigenvalue weighted by Crippen LogP contribution is 2.25. The number of amides is 1. The topological polar surface area (TPSA) is 51.1 Å². The standard InChI is InChI=1S/C13H17F3N2O2/c1-9(2)5-6-17-11(19)8-18-7-3-4-10(12(18)20)13(14,15)16/h3-4,7,9H,5-6,8H2,1-2H3,(H,17,19). The highest BCUT2D eigenvalue weighted by Gasteiger charge is 2.34. The fourth-order valence-corrected chi connectivity index (χ4v) is 1.59. The van der Waals surface area contributed by atoms with E-state index in [4.69, 9.17) is 0 Å². The number of carbonyl (C=O) groups is 1. The quantitative estimate of drug-likeness (QED) is 0.902. The van der Waals surface area contributed by atoms with Gasteiger partial charge in [0.25, 0.3) is 5.56 Å². The van der Waals surface area contributed by atoms with Gasteiger partial charge in [-0.1, -0.05) is 13.8 Å². The fraction of sp³-hybridized carbons (Fsp3) is 0.538. The molecule has 112 valence electrons. The van der Waals surface area contributed by atoms with Crippen molar-refractivity contribution in [3.05, 3.63) is 34.2 Å². The second-order valence-corrected chi connectivity index (χ2v) is 4.89. The molecule has 1 amide bonds. The van der Waals surface area contributed by atoms with Gasteiger partial charge < -0.3 is 9.88 Å². The number of hydrogen-bond donors (Lipinski definition) is 1. The Morgan fingerprint density at radius 3 is 2.60 bits per heavy atom. The summed E-state index contributed by atoms with van der Waals surface area (Å²) in [4.78, 5) is 23.2. The number of hydrogen-bond acceptors (Lipinski definition) is 2. The number of alkyl halides is 3. The molecule has 0 fully saturated rings. The van der Waals surface area contributed by atoms with Crippen LogP contribution in [0.1, 0.15) is 25.8 Å². The lowest BCUT2D eigenvalue weighted by atomic mass is 10.1. The molecule has 0 aliphatic heterocycles. The van der Waals surface area contributed by atoms with Gasteiger partial charge in [-0.3, -0.25) is 9.59 Å². The molecule has 20 heavy (non-hydrogen) atoms. The molecule has 1 aromatic heterocycles. The van der Waals surface area contributed by atoms with Gasteiger partial charge in [0.1, 0.15) is 12.1 Å². The summed E-state index contributed by atoms with van der Waals surface area (Å²) in [5.74, 6) is -0.0707. The van der Waals surface area contributed by atoms with Crippen LogP contribution in [0, 0.1) is 5.92 Å². The normalized spacial score (nSPS) is 11.7. The van der Waals surface area contributed by atoms with Crippen molar-refractivity contribution in [1.82, 2.24) is 9.88 Å². The molecular formula is C13H17F3N2O2. The highest BCUT2D eigenvalue weighted by molar-refractivity contribution is 5.75. The summed E-state index contributed by atoms with van der Waals surface area (Å²) in [7, 11) is 0. The van der Waals surface area contributed by atoms with Crippen LogP contribution in [0.5, 0.6) is 0 Å². The lowest BCUT2D eigenvalue weighted by molar-refractivity contribution is -0.139. The minimum Gasteiger partial charge on any atom is -0.355 e. The Morgan fingerprint density at radius 1 is 1.40 bits per heavy atom. The first-order valence-corrected chi connectivity index (χ1v) is 6.25. The summed E-state index contributed by atoms with van der Waals surface area (Å²) in [5, 5.41) is 2.57. The van der Waals surface area contributed by atoms with Crippen LogP contribution in [-0.4, -0.2) is 17.0 Å². The van der Waals surface area contributed by atoms with Gasteiger partial charge in [0.2, 0.25) is 5.91 Å². The van der Waals surface area contributed by atoms with Crippen LogP contribution >= 0.6 is 0 Å². The summed E-state index contributed by atoms with van der Waals surface area (Å²) in [6, 6.07) is 1.81. The third-order valence-electron chi connectivity index (χ3n) is 2.68. The van der Waals surface area contributed by atoms with Gasteiger partial charge in [-0.05, 0) is 24.5 Å². The summed E-state index contributed by atoms with van der Waals surface area (Å²) < 4.78 is 38.4. The van der Waals surface area contributed by atoms with Crippen molar-refractivity contribution >= 4 is 5.91 Å². The van der Waals surface area contributed by atoms with Crippen molar-refractivity contribution in [2.75, 3.05) is 6.54 Å². The van der Waals surface area contributed by atoms with E-state index < -0.39 is 29.8 Å². The number of pyridine rings is 1. The first kappa shape index (κ1) is 16.3. The van der Waals surface area contributed by atoms with Crippen molar-refractivity contribution in [3.8, 4) is 0 Å². The predicted octanol–water partition coefficient (Wildman–Crippen LogP) is 2.03. The molecule has 4 nitrogen and oxygen atoms in total. The Balaban J connectivity index is 2.74. The predicted molar refractivity (Wildman–Crippen MR) is 68.2 cm³/mol. The number of nitrogens with zero attached hydrogens (tertiary/aromatic N) is 1. The van der Waals surface area contributed by atoms with Gasteiger partial charge in [-0.25, -0.2) is 0 Å². The molecule has 0 bridgehead atoms. The van der Waals surface area contributed by atoms with Gasteiger partial charge in [-0.15, -0.1) is 0 Å². The maximum atomic E-state index is 12.5. The number of rotatable bonds is 5. The third kappa shape index (κ3) is 4.71. The maximum absolute atomic E-state index is 12.5. The molecular weight excluding hydrogens is 273 g/mol. The van der Waals surface area contributed by atoms with E-state index in [2.05, 4.69) is 5.32 Å². The molecule has 0 aliphatic rings. The molecule has 0 aromatic carbocycles. The van der Waals surface area contributed by atoms with E-state index in [0.717, 1.165) is 17.1 Å². The minimum absolute atomic E-state index is 0.409. The third-order valence-corrected chi connectivity index (χ3v) is 2.68. The molecule has 0 spiro atoms. The van der Waals surface area contributed by atoms with E-state index in [9.17, 15) is 22.8 Å². The molecule has 0 unspecified atom stereocenters. The van der Waals surface area contributed by atoms with Crippen LogP contribution in [0.4, 0.5) is 13.2 Å². The Labute approximate surface area is 114 Å². The minimum atomic E-state index is -4.71. The van der Waals surface area contributed by atoms with Crippen molar-refractivity contribution in [2.45, 2.75) is 33.0 Å². The lowest BCUT2D eigenvalue weighted by Crippen LogP contribution is -2.35. The Hall–Kier alpha value is -1.79. The van der Waals surface area contributed by atoms with Crippen molar-refractivity contribution in [1.29, 1.82) is 0 Å². The van der Waals surface area contributed by atoms with Gasteiger partial charge in [-0.2, -0.15) is 13.2 Å². The zero-order chi connectivity index (χ0) is 15.3. The first-order valence-electron chi connectivity index (χ1n) is 6.25. The Kier molecular flexibility index (Phi) is 5.35. The second kappa shape index (κ2) is 6.58. The van der Waals surface area contributed by atoms with Crippen molar-refractivity contribution < 1.29 is 18.0 Å². The molecule has 1 N–H and O–H groups in total. The summed E-state index contributed by atoms with van der Waals surface area (Å²) in [6.45, 7) is 4.00. The van der Waals surface area contributed by atoms with Crippen LogP contribution in [0.25, 0.3) is 0 Å². The molecule has 0 saturated carbocycles. The number of halogens is 3. The van der Waals surface area contributed by atoms with Gasteiger partial charge in [0.05, 0.1) is 0 Å². The number of nitrogens with one attached hydrogen (secondary N) is 1. The maximum Gasteiger partial charge on any atom is 0.421 e. The first-order chi connectivity index (χ1) is 9.21.